The Morgan fingerprint density at radius 1 is 1.28 bits per heavy atom. The number of hydrogen-bond acceptors (Lipinski definition) is 3. The number of aryl methyl sites for hydroxylation is 1. The Morgan fingerprint density at radius 2 is 2.00 bits per heavy atom. The quantitative estimate of drug-likeness (QED) is 0.881. The van der Waals surface area contributed by atoms with Crippen molar-refractivity contribution in [2.75, 3.05) is 6.54 Å². The Kier molecular flexibility index (Phi) is 5.88. The number of hydrogen-bond donors (Lipinski definition) is 1. The van der Waals surface area contributed by atoms with Crippen LogP contribution in [0.3, 0.4) is 0 Å². The zero-order valence-corrected chi connectivity index (χ0v) is 16.2. The normalized spacial score (nSPS) is 14.1. The van der Waals surface area contributed by atoms with Crippen molar-refractivity contribution in [1.82, 2.24) is 20.1 Å². The molecule has 0 radical (unpaired) electrons. The van der Waals surface area contributed by atoms with Crippen molar-refractivity contribution >= 4 is 18.3 Å². The van der Waals surface area contributed by atoms with Gasteiger partial charge in [-0.15, -0.1) is 12.4 Å². The second kappa shape index (κ2) is 7.56. The largest absolute Gasteiger partial charge is 0.354 e. The van der Waals surface area contributed by atoms with Crippen LogP contribution in [0.15, 0.2) is 24.7 Å². The molecule has 1 fully saturated rings. The number of pyridine rings is 1. The molecule has 1 aliphatic rings. The maximum atomic E-state index is 12.0. The van der Waals surface area contributed by atoms with Crippen molar-refractivity contribution in [2.45, 2.75) is 53.0 Å². The zero-order valence-electron chi connectivity index (χ0n) is 15.4. The molecule has 0 bridgehead atoms. The Balaban J connectivity index is 0.00000225. The molecule has 1 amide bonds. The Morgan fingerprint density at radius 3 is 2.60 bits per heavy atom. The molecule has 5 nitrogen and oxygen atoms in total. The summed E-state index contributed by atoms with van der Waals surface area (Å²) in [7, 11) is 0. The molecule has 1 saturated carbocycles. The number of nitrogens with zero attached hydrogens (tertiary/aromatic N) is 3. The van der Waals surface area contributed by atoms with E-state index in [1.165, 1.54) is 35.2 Å². The Bertz CT molecular complexity index is 744. The lowest BCUT2D eigenvalue weighted by molar-refractivity contribution is -0.128. The first kappa shape index (κ1) is 19.4. The van der Waals surface area contributed by atoms with Gasteiger partial charge in [0.1, 0.15) is 0 Å². The summed E-state index contributed by atoms with van der Waals surface area (Å²) >= 11 is 0. The van der Waals surface area contributed by atoms with E-state index in [0.29, 0.717) is 19.0 Å². The molecule has 1 aliphatic carbocycles. The van der Waals surface area contributed by atoms with E-state index in [1.54, 1.807) is 0 Å². The van der Waals surface area contributed by atoms with E-state index >= 15 is 0 Å². The molecule has 2 heterocycles. The third-order valence-electron chi connectivity index (χ3n) is 4.45. The SMILES string of the molecule is Cc1cnccc1-c1cnn(CCNC(=O)C(C)(C)C)c1C1CC1.Cl. The molecule has 0 aromatic carbocycles. The lowest BCUT2D eigenvalue weighted by atomic mass is 9.96. The zero-order chi connectivity index (χ0) is 17.3. The van der Waals surface area contributed by atoms with Crippen molar-refractivity contribution in [3.63, 3.8) is 0 Å². The summed E-state index contributed by atoms with van der Waals surface area (Å²) in [6, 6.07) is 2.06. The van der Waals surface area contributed by atoms with Crippen LogP contribution in [0.2, 0.25) is 0 Å². The number of amides is 1. The van der Waals surface area contributed by atoms with E-state index in [0.717, 1.165) is 0 Å². The highest BCUT2D eigenvalue weighted by Gasteiger charge is 2.31. The third kappa shape index (κ3) is 4.40. The molecule has 136 valence electrons. The molecule has 0 aliphatic heterocycles. The van der Waals surface area contributed by atoms with Crippen LogP contribution in [-0.2, 0) is 11.3 Å². The molecule has 0 spiro atoms. The van der Waals surface area contributed by atoms with Gasteiger partial charge in [0.05, 0.1) is 12.7 Å². The molecular formula is C19H27ClN4O. The first-order valence-electron chi connectivity index (χ1n) is 8.63. The van der Waals surface area contributed by atoms with Gasteiger partial charge in [-0.2, -0.15) is 5.10 Å². The number of carbonyl (C=O) groups excluding carboxylic acids is 1. The minimum absolute atomic E-state index is 0. The Labute approximate surface area is 155 Å². The van der Waals surface area contributed by atoms with Crippen molar-refractivity contribution in [3.05, 3.63) is 35.9 Å². The molecule has 2 aromatic rings. The average molecular weight is 363 g/mol. The van der Waals surface area contributed by atoms with Crippen molar-refractivity contribution in [2.24, 2.45) is 5.41 Å². The predicted octanol–water partition coefficient (Wildman–Crippen LogP) is 3.72. The summed E-state index contributed by atoms with van der Waals surface area (Å²) in [5.74, 6) is 0.668. The Hall–Kier alpha value is -1.88. The van der Waals surface area contributed by atoms with Crippen LogP contribution in [0, 0.1) is 12.3 Å². The van der Waals surface area contributed by atoms with Gasteiger partial charge < -0.3 is 5.32 Å². The number of carbonyl (C=O) groups is 1. The van der Waals surface area contributed by atoms with E-state index in [-0.39, 0.29) is 23.7 Å². The summed E-state index contributed by atoms with van der Waals surface area (Å²) in [5.41, 5.74) is 4.52. The maximum Gasteiger partial charge on any atom is 0.225 e. The van der Waals surface area contributed by atoms with Crippen LogP contribution in [0.25, 0.3) is 11.1 Å². The molecular weight excluding hydrogens is 336 g/mol. The van der Waals surface area contributed by atoms with Gasteiger partial charge in [0.2, 0.25) is 5.91 Å². The van der Waals surface area contributed by atoms with Gasteiger partial charge in [0.15, 0.2) is 0 Å². The molecule has 6 heteroatoms. The van der Waals surface area contributed by atoms with Crippen LogP contribution in [0.4, 0.5) is 0 Å². The molecule has 0 saturated heterocycles. The molecule has 0 unspecified atom stereocenters. The second-order valence-corrected chi connectivity index (χ2v) is 7.64. The number of aromatic nitrogens is 3. The lowest BCUT2D eigenvalue weighted by Gasteiger charge is -2.18. The van der Waals surface area contributed by atoms with Crippen molar-refractivity contribution in [3.8, 4) is 11.1 Å². The maximum absolute atomic E-state index is 12.0. The van der Waals surface area contributed by atoms with Gasteiger partial charge in [-0.1, -0.05) is 20.8 Å². The average Bonchev–Trinajstić information content (AvgIpc) is 3.27. The van der Waals surface area contributed by atoms with Gasteiger partial charge in [-0.05, 0) is 37.0 Å². The van der Waals surface area contributed by atoms with Crippen LogP contribution in [-0.4, -0.2) is 27.2 Å². The van der Waals surface area contributed by atoms with Gasteiger partial charge in [0, 0.05) is 41.5 Å². The monoisotopic (exact) mass is 362 g/mol. The topological polar surface area (TPSA) is 59.8 Å². The first-order chi connectivity index (χ1) is 11.4. The third-order valence-corrected chi connectivity index (χ3v) is 4.45. The van der Waals surface area contributed by atoms with Crippen molar-refractivity contribution < 1.29 is 4.79 Å². The summed E-state index contributed by atoms with van der Waals surface area (Å²) in [5, 5.41) is 7.61. The number of rotatable bonds is 5. The molecule has 0 atom stereocenters. The van der Waals surface area contributed by atoms with E-state index in [4.69, 9.17) is 0 Å². The number of halogens is 1. The smallest absolute Gasteiger partial charge is 0.225 e. The summed E-state index contributed by atoms with van der Waals surface area (Å²) < 4.78 is 2.07. The second-order valence-electron chi connectivity index (χ2n) is 7.64. The van der Waals surface area contributed by atoms with E-state index in [9.17, 15) is 4.79 Å². The highest BCUT2D eigenvalue weighted by atomic mass is 35.5. The highest BCUT2D eigenvalue weighted by molar-refractivity contribution is 5.85. The highest BCUT2D eigenvalue weighted by Crippen LogP contribution is 2.44. The molecule has 25 heavy (non-hydrogen) atoms. The molecule has 2 aromatic heterocycles. The first-order valence-corrected chi connectivity index (χ1v) is 8.63. The summed E-state index contributed by atoms with van der Waals surface area (Å²) in [6.07, 6.45) is 8.13. The summed E-state index contributed by atoms with van der Waals surface area (Å²) in [4.78, 5) is 16.2. The van der Waals surface area contributed by atoms with Gasteiger partial charge >= 0.3 is 0 Å². The van der Waals surface area contributed by atoms with Crippen molar-refractivity contribution in [1.29, 1.82) is 0 Å². The molecule has 1 N–H and O–H groups in total. The number of nitrogens with one attached hydrogen (secondary N) is 1. The predicted molar refractivity (Wildman–Crippen MR) is 102 cm³/mol. The fraction of sp³-hybridized carbons (Fsp3) is 0.526. The fourth-order valence-electron chi connectivity index (χ4n) is 2.88. The van der Waals surface area contributed by atoms with Gasteiger partial charge in [0.25, 0.3) is 0 Å². The minimum atomic E-state index is -0.358. The van der Waals surface area contributed by atoms with Gasteiger partial charge in [-0.3, -0.25) is 14.5 Å². The summed E-state index contributed by atoms with van der Waals surface area (Å²) in [6.45, 7) is 9.17. The standard InChI is InChI=1S/C19H26N4O.ClH/c1-13-11-20-8-7-15(13)16-12-22-23(17(16)14-5-6-14)10-9-21-18(24)19(2,3)4;/h7-8,11-12,14H,5-6,9-10H2,1-4H3,(H,21,24);1H. The van der Waals surface area contributed by atoms with Crippen LogP contribution in [0.5, 0.6) is 0 Å². The minimum Gasteiger partial charge on any atom is -0.354 e. The molecule has 3 rings (SSSR count). The van der Waals surface area contributed by atoms with Crippen LogP contribution in [0.1, 0.15) is 50.8 Å². The lowest BCUT2D eigenvalue weighted by Crippen LogP contribution is -2.36. The fourth-order valence-corrected chi connectivity index (χ4v) is 2.88. The van der Waals surface area contributed by atoms with Gasteiger partial charge in [-0.25, -0.2) is 0 Å². The van der Waals surface area contributed by atoms with E-state index < -0.39 is 0 Å². The van der Waals surface area contributed by atoms with E-state index in [2.05, 4.69) is 33.1 Å². The van der Waals surface area contributed by atoms with Crippen LogP contribution >= 0.6 is 12.4 Å². The van der Waals surface area contributed by atoms with E-state index in [1.807, 2.05) is 39.4 Å². The van der Waals surface area contributed by atoms with Crippen LogP contribution < -0.4 is 5.32 Å².